The predicted octanol–water partition coefficient (Wildman–Crippen LogP) is 6.07. The number of nitrogens with one attached hydrogen (secondary N) is 2. The van der Waals surface area contributed by atoms with Crippen molar-refractivity contribution < 1.29 is 22.4 Å². The smallest absolute Gasteiger partial charge is 0.350 e. The molecule has 2 aromatic carbocycles. The largest absolute Gasteiger partial charge is 0.416 e. The van der Waals surface area contributed by atoms with Crippen LogP contribution in [0.3, 0.4) is 0 Å². The van der Waals surface area contributed by atoms with Crippen LogP contribution in [0, 0.1) is 24.6 Å². The molecule has 6 rings (SSSR count). The summed E-state index contributed by atoms with van der Waals surface area (Å²) in [5.41, 5.74) is 2.71. The molecule has 4 heterocycles. The third-order valence-corrected chi connectivity index (χ3v) is 8.37. The number of fused-ring (bicyclic) bond motifs is 1. The highest BCUT2D eigenvalue weighted by atomic mass is 19.4. The lowest BCUT2D eigenvalue weighted by Gasteiger charge is -2.21. The van der Waals surface area contributed by atoms with E-state index in [0.717, 1.165) is 43.0 Å². The zero-order chi connectivity index (χ0) is 34.2. The Morgan fingerprint density at radius 3 is 2.62 bits per heavy atom. The Labute approximate surface area is 275 Å². The van der Waals surface area contributed by atoms with E-state index in [2.05, 4.69) is 42.4 Å². The summed E-state index contributed by atoms with van der Waals surface area (Å²) in [6.45, 7) is 3.43. The van der Waals surface area contributed by atoms with Crippen molar-refractivity contribution in [1.82, 2.24) is 29.0 Å². The van der Waals surface area contributed by atoms with Crippen LogP contribution in [0.25, 0.3) is 5.65 Å². The summed E-state index contributed by atoms with van der Waals surface area (Å²) in [6, 6.07) is 10.00. The van der Waals surface area contributed by atoms with Gasteiger partial charge in [0.25, 0.3) is 5.91 Å². The van der Waals surface area contributed by atoms with Gasteiger partial charge in [-0.15, -0.1) is 0 Å². The first-order valence-electron chi connectivity index (χ1n) is 15.3. The number of nitrogens with zero attached hydrogens (tertiary/aromatic N) is 6. The molecule has 48 heavy (non-hydrogen) atoms. The fourth-order valence-electron chi connectivity index (χ4n) is 5.81. The molecule has 1 fully saturated rings. The van der Waals surface area contributed by atoms with E-state index >= 15 is 4.39 Å². The van der Waals surface area contributed by atoms with Crippen molar-refractivity contribution in [3.8, 4) is 11.8 Å². The van der Waals surface area contributed by atoms with E-state index in [-0.39, 0.29) is 11.3 Å². The summed E-state index contributed by atoms with van der Waals surface area (Å²) in [6.07, 6.45) is 3.23. The van der Waals surface area contributed by atoms with E-state index in [1.165, 1.54) is 18.2 Å². The second-order valence-electron chi connectivity index (χ2n) is 12.2. The highest BCUT2D eigenvalue weighted by Crippen LogP contribution is 2.33. The molecule has 5 aromatic rings. The number of likely N-dealkylation sites (tertiary alicyclic amines) is 1. The molecule has 3 aromatic heterocycles. The number of rotatable bonds is 7. The van der Waals surface area contributed by atoms with Gasteiger partial charge in [-0.3, -0.25) is 18.8 Å². The molecule has 1 amide bonds. The molecule has 0 radical (unpaired) electrons. The Morgan fingerprint density at radius 1 is 1.10 bits per heavy atom. The molecular weight excluding hydrogens is 624 g/mol. The summed E-state index contributed by atoms with van der Waals surface area (Å²) in [5, 5.41) is 9.93. The minimum Gasteiger partial charge on any atom is -0.350 e. The van der Waals surface area contributed by atoms with Gasteiger partial charge in [0, 0.05) is 56.4 Å². The van der Waals surface area contributed by atoms with Crippen LogP contribution in [0.5, 0.6) is 0 Å². The molecule has 0 bridgehead atoms. The zero-order valence-corrected chi connectivity index (χ0v) is 26.9. The maximum Gasteiger partial charge on any atom is 0.416 e. The van der Waals surface area contributed by atoms with Gasteiger partial charge in [0.1, 0.15) is 11.5 Å². The summed E-state index contributed by atoms with van der Waals surface area (Å²) in [5.74, 6) is 4.37. The number of aryl methyl sites for hydroxylation is 2. The van der Waals surface area contributed by atoms with Crippen molar-refractivity contribution in [1.29, 1.82) is 0 Å². The van der Waals surface area contributed by atoms with E-state index in [1.54, 1.807) is 28.4 Å². The van der Waals surface area contributed by atoms with Crippen molar-refractivity contribution in [3.05, 3.63) is 107 Å². The number of amides is 1. The lowest BCUT2D eigenvalue weighted by atomic mass is 10.0. The Kier molecular flexibility index (Phi) is 8.96. The lowest BCUT2D eigenvalue weighted by Crippen LogP contribution is -2.31. The number of hydrogen-bond acceptors (Lipinski definition) is 6. The number of anilines is 3. The third kappa shape index (κ3) is 7.20. The van der Waals surface area contributed by atoms with Crippen LogP contribution in [0.4, 0.5) is 34.6 Å². The number of hydrogen-bond donors (Lipinski definition) is 2. The molecule has 1 aliphatic rings. The molecule has 1 unspecified atom stereocenters. The highest BCUT2D eigenvalue weighted by Gasteiger charge is 2.32. The first-order valence-corrected chi connectivity index (χ1v) is 15.3. The number of likely N-dealkylation sites (N-methyl/N-ethyl adjacent to an activating group) is 1. The van der Waals surface area contributed by atoms with Crippen molar-refractivity contribution in [3.63, 3.8) is 0 Å². The zero-order valence-electron chi connectivity index (χ0n) is 26.9. The van der Waals surface area contributed by atoms with Crippen LogP contribution < -0.4 is 10.6 Å². The SMILES string of the molecule is Cc1cc(F)c(C(=O)Nc2cc(CN3CCC(N(C)C)C3)cc(C(F)(F)F)c2)cc1C#Cc1cnc2c(Nc3cnn(C)c3)cccn12. The van der Waals surface area contributed by atoms with Crippen LogP contribution in [-0.4, -0.2) is 68.1 Å². The first-order chi connectivity index (χ1) is 22.8. The predicted molar refractivity (Wildman–Crippen MR) is 176 cm³/mol. The number of benzene rings is 2. The molecular formula is C35H34F4N8O. The van der Waals surface area contributed by atoms with Gasteiger partial charge in [-0.1, -0.05) is 5.92 Å². The van der Waals surface area contributed by atoms with Gasteiger partial charge in [-0.2, -0.15) is 18.3 Å². The summed E-state index contributed by atoms with van der Waals surface area (Å²) in [7, 11) is 5.77. The number of alkyl halides is 3. The van der Waals surface area contributed by atoms with Gasteiger partial charge in [-0.05, 0) is 87.0 Å². The Balaban J connectivity index is 1.24. The highest BCUT2D eigenvalue weighted by molar-refractivity contribution is 6.04. The van der Waals surface area contributed by atoms with E-state index < -0.39 is 23.5 Å². The van der Waals surface area contributed by atoms with E-state index in [1.807, 2.05) is 45.7 Å². The second-order valence-corrected chi connectivity index (χ2v) is 12.2. The van der Waals surface area contributed by atoms with Crippen molar-refractivity contribution in [2.75, 3.05) is 37.8 Å². The molecule has 1 saturated heterocycles. The topological polar surface area (TPSA) is 82.7 Å². The average molecular weight is 659 g/mol. The molecule has 248 valence electrons. The Hall–Kier alpha value is -5.19. The van der Waals surface area contributed by atoms with Gasteiger partial charge in [0.05, 0.1) is 34.9 Å². The molecule has 0 spiro atoms. The van der Waals surface area contributed by atoms with Gasteiger partial charge >= 0.3 is 6.18 Å². The summed E-state index contributed by atoms with van der Waals surface area (Å²) >= 11 is 0. The minimum absolute atomic E-state index is 0.0674. The molecule has 1 atom stereocenters. The number of aromatic nitrogens is 4. The second kappa shape index (κ2) is 13.1. The Bertz CT molecular complexity index is 2050. The maximum atomic E-state index is 15.1. The summed E-state index contributed by atoms with van der Waals surface area (Å²) in [4.78, 5) is 22.0. The molecule has 1 aliphatic heterocycles. The Morgan fingerprint density at radius 2 is 1.92 bits per heavy atom. The van der Waals surface area contributed by atoms with Crippen LogP contribution in [0.1, 0.15) is 44.7 Å². The minimum atomic E-state index is -4.63. The molecule has 9 nitrogen and oxygen atoms in total. The number of carbonyl (C=O) groups excluding carboxylic acids is 1. The lowest BCUT2D eigenvalue weighted by molar-refractivity contribution is -0.137. The van der Waals surface area contributed by atoms with Gasteiger partial charge in [0.2, 0.25) is 0 Å². The fourth-order valence-corrected chi connectivity index (χ4v) is 5.81. The van der Waals surface area contributed by atoms with E-state index in [9.17, 15) is 18.0 Å². The van der Waals surface area contributed by atoms with Crippen LogP contribution in [-0.2, 0) is 19.8 Å². The molecule has 0 aliphatic carbocycles. The first kappa shape index (κ1) is 32.7. The standard InChI is InChI=1S/C35H34F4N8O/c1-22-12-31(36)30(15-24(22)7-8-28-18-40-33-32(6-5-10-47(28)33)42-27-17-41-45(4)20-27)34(48)43-26-14-23(13-25(16-26)35(37,38)39)19-46-11-9-29(21-46)44(2)3/h5-6,10,12-18,20,29,42H,9,11,19,21H2,1-4H3,(H,43,48). The van der Waals surface area contributed by atoms with Crippen LogP contribution in [0.15, 0.2) is 67.3 Å². The third-order valence-electron chi connectivity index (χ3n) is 8.37. The number of imidazole rings is 1. The molecule has 0 saturated carbocycles. The number of carbonyl (C=O) groups is 1. The van der Waals surface area contributed by atoms with Crippen LogP contribution >= 0.6 is 0 Å². The summed E-state index contributed by atoms with van der Waals surface area (Å²) < 4.78 is 60.1. The monoisotopic (exact) mass is 658 g/mol. The van der Waals surface area contributed by atoms with Gasteiger partial charge in [0.15, 0.2) is 5.65 Å². The van der Waals surface area contributed by atoms with Gasteiger partial charge < -0.3 is 15.5 Å². The number of halogens is 4. The van der Waals surface area contributed by atoms with Crippen molar-refractivity contribution in [2.24, 2.45) is 7.05 Å². The van der Waals surface area contributed by atoms with Crippen LogP contribution in [0.2, 0.25) is 0 Å². The van der Waals surface area contributed by atoms with Crippen molar-refractivity contribution in [2.45, 2.75) is 32.1 Å². The maximum absolute atomic E-state index is 15.1. The van der Waals surface area contributed by atoms with Gasteiger partial charge in [-0.25, -0.2) is 9.37 Å². The normalized spacial score (nSPS) is 15.1. The van der Waals surface area contributed by atoms with Crippen molar-refractivity contribution >= 4 is 28.6 Å². The van der Waals surface area contributed by atoms with E-state index in [0.29, 0.717) is 40.6 Å². The van der Waals surface area contributed by atoms with E-state index in [4.69, 9.17) is 0 Å². The number of pyridine rings is 1. The molecule has 2 N–H and O–H groups in total. The quantitative estimate of drug-likeness (QED) is 0.163. The average Bonchev–Trinajstić information content (AvgIpc) is 3.77. The fraction of sp³-hybridized carbons (Fsp3) is 0.286. The molecule has 13 heteroatoms.